The van der Waals surface area contributed by atoms with E-state index in [9.17, 15) is 35.9 Å². The summed E-state index contributed by atoms with van der Waals surface area (Å²) in [6.45, 7) is -2.80. The van der Waals surface area contributed by atoms with Crippen LogP contribution in [0.2, 0.25) is 0 Å². The van der Waals surface area contributed by atoms with Gasteiger partial charge in [0.25, 0.3) is 11.8 Å². The molecule has 4 N–H and O–H groups in total. The number of guanidine groups is 2. The summed E-state index contributed by atoms with van der Waals surface area (Å²) < 4.78 is 86.4. The van der Waals surface area contributed by atoms with Crippen LogP contribution in [0, 0.1) is 25.5 Å². The van der Waals surface area contributed by atoms with Crippen molar-refractivity contribution >= 4 is 36.1 Å². The molecule has 0 aromatic heterocycles. The fourth-order valence-corrected chi connectivity index (χ4v) is 6.00. The monoisotopic (exact) mass is 762 g/mol. The highest BCUT2D eigenvalue weighted by molar-refractivity contribution is 6.09. The third-order valence-corrected chi connectivity index (χ3v) is 8.58. The van der Waals surface area contributed by atoms with Crippen molar-refractivity contribution < 1.29 is 45.4 Å². The van der Waals surface area contributed by atoms with Crippen LogP contribution in [0.3, 0.4) is 0 Å². The zero-order valence-corrected chi connectivity index (χ0v) is 29.3. The van der Waals surface area contributed by atoms with Crippen molar-refractivity contribution in [3.05, 3.63) is 130 Å². The molecule has 0 saturated heterocycles. The van der Waals surface area contributed by atoms with Gasteiger partial charge in [-0.25, -0.2) is 18.8 Å². The second kappa shape index (κ2) is 15.5. The Hall–Kier alpha value is -5.77. The Morgan fingerprint density at radius 3 is 1.21 bits per heavy atom. The summed E-state index contributed by atoms with van der Waals surface area (Å²) in [6, 6.07) is 19.5. The van der Waals surface area contributed by atoms with E-state index in [1.165, 1.54) is 96.7 Å². The molecule has 0 aliphatic carbocycles. The molecule has 0 fully saturated rings. The van der Waals surface area contributed by atoms with Gasteiger partial charge in [0.15, 0.2) is 23.0 Å². The molecule has 0 bridgehead atoms. The van der Waals surface area contributed by atoms with Gasteiger partial charge in [-0.3, -0.25) is 19.4 Å². The van der Waals surface area contributed by atoms with Gasteiger partial charge >= 0.3 is 13.2 Å². The predicted molar refractivity (Wildman–Crippen MR) is 186 cm³/mol. The number of halogens is 7. The average Bonchev–Trinajstić information content (AvgIpc) is 3.46. The van der Waals surface area contributed by atoms with Crippen LogP contribution in [0.25, 0.3) is 0 Å². The summed E-state index contributed by atoms with van der Waals surface area (Å²) in [4.78, 5) is 36.9. The number of alkyl halides is 4. The van der Waals surface area contributed by atoms with Crippen molar-refractivity contribution in [2.45, 2.75) is 38.1 Å². The van der Waals surface area contributed by atoms with Crippen molar-refractivity contribution in [1.29, 1.82) is 0 Å². The maximum Gasteiger partial charge on any atom is 0.387 e. The fraction of sp³-hybridized carbons (Fsp3) is 0.222. The van der Waals surface area contributed by atoms with Crippen LogP contribution >= 0.6 is 12.4 Å². The molecule has 4 aromatic carbocycles. The minimum absolute atomic E-state index is 0. The van der Waals surface area contributed by atoms with E-state index < -0.39 is 47.7 Å². The maximum atomic E-state index is 13.8. The number of carbonyl (C=O) groups excluding carboxylic acids is 2. The molecule has 6 rings (SSSR count). The summed E-state index contributed by atoms with van der Waals surface area (Å²) >= 11 is 0. The zero-order chi connectivity index (χ0) is 38.1. The summed E-state index contributed by atoms with van der Waals surface area (Å²) in [7, 11) is 2.92. The normalized spacial score (nSPS) is 19.5. The van der Waals surface area contributed by atoms with Crippen LogP contribution in [0.1, 0.15) is 33.4 Å². The van der Waals surface area contributed by atoms with Gasteiger partial charge in [0.05, 0.1) is 0 Å². The number of ether oxygens (including phenoxy) is 2. The van der Waals surface area contributed by atoms with Crippen molar-refractivity contribution in [1.82, 2.24) is 9.80 Å². The molecular weight excluding hydrogens is 730 g/mol. The average molecular weight is 763 g/mol. The first-order chi connectivity index (χ1) is 24.5. The minimum atomic E-state index is -2.97. The van der Waals surface area contributed by atoms with E-state index >= 15 is 0 Å². The maximum absolute atomic E-state index is 13.8. The van der Waals surface area contributed by atoms with Crippen LogP contribution in [-0.2, 0) is 20.7 Å². The van der Waals surface area contributed by atoms with Crippen molar-refractivity contribution in [2.24, 2.45) is 21.5 Å². The Bertz CT molecular complexity index is 1960. The van der Waals surface area contributed by atoms with Gasteiger partial charge in [0, 0.05) is 14.1 Å². The molecule has 2 aliphatic rings. The highest BCUT2D eigenvalue weighted by atomic mass is 35.5. The van der Waals surface area contributed by atoms with Crippen molar-refractivity contribution in [2.75, 3.05) is 14.1 Å². The number of aryl methyl sites for hydroxylation is 2. The van der Waals surface area contributed by atoms with E-state index in [-0.39, 0.29) is 47.0 Å². The van der Waals surface area contributed by atoms with Gasteiger partial charge in [0.1, 0.15) is 23.1 Å². The number of nitrogens with two attached hydrogens (primary N) is 2. The summed E-state index contributed by atoms with van der Waals surface area (Å²) in [5, 5.41) is 0. The Balaban J connectivity index is 0.000000232. The number of nitrogens with zero attached hydrogens (tertiary/aromatic N) is 4. The molecule has 17 heteroatoms. The number of benzene rings is 4. The molecule has 0 spiro atoms. The lowest BCUT2D eigenvalue weighted by atomic mass is 9.82. The minimum Gasteiger partial charge on any atom is -0.435 e. The highest BCUT2D eigenvalue weighted by Crippen LogP contribution is 2.42. The summed E-state index contributed by atoms with van der Waals surface area (Å²) in [5.41, 5.74) is 10.6. The van der Waals surface area contributed by atoms with Crippen LogP contribution in [0.15, 0.2) is 94.9 Å². The first-order valence-electron chi connectivity index (χ1n) is 15.4. The Kier molecular flexibility index (Phi) is 11.7. The quantitative estimate of drug-likeness (QED) is 0.213. The van der Waals surface area contributed by atoms with Gasteiger partial charge in [-0.2, -0.15) is 17.6 Å². The lowest BCUT2D eigenvalue weighted by molar-refractivity contribution is -0.130. The fourth-order valence-electron chi connectivity index (χ4n) is 6.00. The van der Waals surface area contributed by atoms with E-state index in [0.29, 0.717) is 22.3 Å². The predicted octanol–water partition coefficient (Wildman–Crippen LogP) is 5.95. The molecule has 280 valence electrons. The molecule has 2 atom stereocenters. The number of hydrogen-bond donors (Lipinski definition) is 2. The third-order valence-electron chi connectivity index (χ3n) is 8.58. The topological polar surface area (TPSA) is 136 Å². The number of aliphatic imine (C=N–C) groups is 2. The molecule has 2 heterocycles. The first kappa shape index (κ1) is 40.0. The lowest BCUT2D eigenvalue weighted by Gasteiger charge is -2.26. The second-order valence-electron chi connectivity index (χ2n) is 11.8. The SMILES string of the molecule is Cc1cc(C2(c3cccc(F)c3)N=C(N)N(C)C2=O)ccc1OC(F)F.Cc1cc(C2(c3cccc(F)c3)N=C(N)N(C)C2=O)ccc1OC(F)F.Cl. The van der Waals surface area contributed by atoms with E-state index in [0.717, 1.165) is 0 Å². The Morgan fingerprint density at radius 1 is 0.604 bits per heavy atom. The van der Waals surface area contributed by atoms with Gasteiger partial charge < -0.3 is 20.9 Å². The van der Waals surface area contributed by atoms with Gasteiger partial charge in [-0.1, -0.05) is 36.4 Å². The second-order valence-corrected chi connectivity index (χ2v) is 11.8. The number of carbonyl (C=O) groups is 2. The molecule has 53 heavy (non-hydrogen) atoms. The third kappa shape index (κ3) is 7.44. The van der Waals surface area contributed by atoms with Crippen LogP contribution in [0.4, 0.5) is 26.3 Å². The van der Waals surface area contributed by atoms with E-state index in [4.69, 9.17) is 11.5 Å². The van der Waals surface area contributed by atoms with Gasteiger partial charge in [0.2, 0.25) is 0 Å². The van der Waals surface area contributed by atoms with Crippen molar-refractivity contribution in [3.63, 3.8) is 0 Å². The molecule has 10 nitrogen and oxygen atoms in total. The van der Waals surface area contributed by atoms with Crippen LogP contribution in [-0.4, -0.2) is 60.9 Å². The Labute approximate surface area is 306 Å². The van der Waals surface area contributed by atoms with E-state index in [1.807, 2.05) is 0 Å². The summed E-state index contributed by atoms with van der Waals surface area (Å²) in [6.07, 6.45) is 0. The molecule has 4 aromatic rings. The number of rotatable bonds is 8. The number of hydrogen-bond acceptors (Lipinski definition) is 8. The summed E-state index contributed by atoms with van der Waals surface area (Å²) in [5.74, 6) is -2.10. The smallest absolute Gasteiger partial charge is 0.387 e. The zero-order valence-electron chi connectivity index (χ0n) is 28.5. The van der Waals surface area contributed by atoms with Gasteiger partial charge in [-0.05, 0) is 95.8 Å². The molecule has 0 radical (unpaired) electrons. The standard InChI is InChI=1S/2C18H16F3N3O2.ClH/c2*1-10-8-12(6-7-14(10)26-16(20)21)18(11-4-3-5-13(19)9-11)15(25)24(2)17(22)23-18;/h2*3-9,16H,1-2H3,(H2,22,23);1H. The van der Waals surface area contributed by atoms with Gasteiger partial charge in [-0.15, -0.1) is 12.4 Å². The largest absolute Gasteiger partial charge is 0.435 e. The molecular formula is C36H33ClF6N6O4. The number of likely N-dealkylation sites (N-methyl/N-ethyl adjacent to an activating group) is 2. The lowest BCUT2D eigenvalue weighted by Crippen LogP contribution is -2.41. The van der Waals surface area contributed by atoms with E-state index in [2.05, 4.69) is 19.5 Å². The molecule has 2 aliphatic heterocycles. The first-order valence-corrected chi connectivity index (χ1v) is 15.4. The van der Waals surface area contributed by atoms with E-state index in [1.54, 1.807) is 26.0 Å². The highest BCUT2D eigenvalue weighted by Gasteiger charge is 2.51. The Morgan fingerprint density at radius 2 is 0.943 bits per heavy atom. The molecule has 0 saturated carbocycles. The number of amides is 2. The molecule has 2 unspecified atom stereocenters. The molecule has 2 amide bonds. The van der Waals surface area contributed by atoms with Crippen LogP contribution in [0.5, 0.6) is 11.5 Å². The van der Waals surface area contributed by atoms with Crippen molar-refractivity contribution in [3.8, 4) is 11.5 Å². The van der Waals surface area contributed by atoms with Crippen LogP contribution < -0.4 is 20.9 Å².